The Bertz CT molecular complexity index is 179. The van der Waals surface area contributed by atoms with Gasteiger partial charge in [-0.2, -0.15) is 11.3 Å². The average molecular weight is 156 g/mol. The van der Waals surface area contributed by atoms with Crippen LogP contribution in [0.4, 0.5) is 0 Å². The van der Waals surface area contributed by atoms with Gasteiger partial charge in [0.2, 0.25) is 0 Å². The van der Waals surface area contributed by atoms with Gasteiger partial charge >= 0.3 is 0 Å². The normalized spacial score (nSPS) is 16.7. The standard InChI is InChI=1S/C8H12OS/c1-6(7(2)9)8-3-4-10-5-8/h3-7,9H,1-2H3. The van der Waals surface area contributed by atoms with Gasteiger partial charge in [0.25, 0.3) is 0 Å². The third-order valence-corrected chi connectivity index (χ3v) is 2.49. The summed E-state index contributed by atoms with van der Waals surface area (Å²) in [6.07, 6.45) is -0.241. The topological polar surface area (TPSA) is 20.2 Å². The van der Waals surface area contributed by atoms with Crippen LogP contribution in [-0.4, -0.2) is 11.2 Å². The highest BCUT2D eigenvalue weighted by atomic mass is 32.1. The predicted molar refractivity (Wildman–Crippen MR) is 44.4 cm³/mol. The summed E-state index contributed by atoms with van der Waals surface area (Å²) in [5.74, 6) is 0.270. The summed E-state index contributed by atoms with van der Waals surface area (Å²) < 4.78 is 0. The molecule has 0 radical (unpaired) electrons. The molecule has 0 aromatic carbocycles. The molecule has 10 heavy (non-hydrogen) atoms. The van der Waals surface area contributed by atoms with Gasteiger partial charge in [-0.1, -0.05) is 6.92 Å². The van der Waals surface area contributed by atoms with E-state index in [0.29, 0.717) is 0 Å². The molecule has 1 aromatic heterocycles. The Labute approximate surface area is 65.3 Å². The molecule has 0 amide bonds. The summed E-state index contributed by atoms with van der Waals surface area (Å²) in [4.78, 5) is 0. The van der Waals surface area contributed by atoms with Gasteiger partial charge in [-0.15, -0.1) is 0 Å². The summed E-state index contributed by atoms with van der Waals surface area (Å²) in [6, 6.07) is 2.06. The first-order valence-corrected chi connectivity index (χ1v) is 4.36. The van der Waals surface area contributed by atoms with Gasteiger partial charge in [-0.25, -0.2) is 0 Å². The van der Waals surface area contributed by atoms with E-state index in [1.165, 1.54) is 5.56 Å². The van der Waals surface area contributed by atoms with Crippen molar-refractivity contribution in [1.82, 2.24) is 0 Å². The van der Waals surface area contributed by atoms with Crippen molar-refractivity contribution < 1.29 is 5.11 Å². The molecular formula is C8H12OS. The van der Waals surface area contributed by atoms with E-state index in [2.05, 4.69) is 11.4 Å². The fraction of sp³-hybridized carbons (Fsp3) is 0.500. The zero-order valence-electron chi connectivity index (χ0n) is 6.24. The second kappa shape index (κ2) is 3.17. The summed E-state index contributed by atoms with van der Waals surface area (Å²) in [6.45, 7) is 3.86. The van der Waals surface area contributed by atoms with Crippen LogP contribution in [0.3, 0.4) is 0 Å². The molecule has 2 atom stereocenters. The molecular weight excluding hydrogens is 144 g/mol. The number of thiophene rings is 1. The molecule has 1 heterocycles. The zero-order valence-corrected chi connectivity index (χ0v) is 7.06. The van der Waals surface area contributed by atoms with Crippen LogP contribution in [0.2, 0.25) is 0 Å². The van der Waals surface area contributed by atoms with Crippen molar-refractivity contribution in [1.29, 1.82) is 0 Å². The van der Waals surface area contributed by atoms with Crippen molar-refractivity contribution >= 4 is 11.3 Å². The Kier molecular flexibility index (Phi) is 2.46. The van der Waals surface area contributed by atoms with Crippen LogP contribution >= 0.6 is 11.3 Å². The lowest BCUT2D eigenvalue weighted by molar-refractivity contribution is 0.169. The van der Waals surface area contributed by atoms with Gasteiger partial charge in [0.1, 0.15) is 0 Å². The molecule has 1 aromatic rings. The Hall–Kier alpha value is -0.340. The van der Waals surface area contributed by atoms with E-state index in [4.69, 9.17) is 0 Å². The number of hydrogen-bond donors (Lipinski definition) is 1. The largest absolute Gasteiger partial charge is 0.393 e. The monoisotopic (exact) mass is 156 g/mol. The van der Waals surface area contributed by atoms with Crippen molar-refractivity contribution in [2.24, 2.45) is 0 Å². The first-order valence-electron chi connectivity index (χ1n) is 3.42. The van der Waals surface area contributed by atoms with E-state index in [1.54, 1.807) is 11.3 Å². The van der Waals surface area contributed by atoms with E-state index in [-0.39, 0.29) is 12.0 Å². The maximum atomic E-state index is 9.20. The highest BCUT2D eigenvalue weighted by Crippen LogP contribution is 2.20. The molecule has 2 unspecified atom stereocenters. The van der Waals surface area contributed by atoms with E-state index in [1.807, 2.05) is 19.2 Å². The fourth-order valence-corrected chi connectivity index (χ4v) is 1.58. The second-order valence-corrected chi connectivity index (χ2v) is 3.37. The first-order chi connectivity index (χ1) is 4.72. The number of rotatable bonds is 2. The van der Waals surface area contributed by atoms with Crippen LogP contribution in [0.1, 0.15) is 25.3 Å². The van der Waals surface area contributed by atoms with Gasteiger partial charge in [-0.3, -0.25) is 0 Å². The van der Waals surface area contributed by atoms with Gasteiger partial charge in [0.15, 0.2) is 0 Å². The van der Waals surface area contributed by atoms with Crippen molar-refractivity contribution in [3.8, 4) is 0 Å². The molecule has 0 saturated heterocycles. The average Bonchev–Trinajstić information content (AvgIpc) is 2.36. The summed E-state index contributed by atoms with van der Waals surface area (Å²) in [7, 11) is 0. The van der Waals surface area contributed by atoms with E-state index in [0.717, 1.165) is 0 Å². The van der Waals surface area contributed by atoms with Crippen molar-refractivity contribution in [3.63, 3.8) is 0 Å². The minimum absolute atomic E-state index is 0.241. The molecule has 1 rings (SSSR count). The van der Waals surface area contributed by atoms with Crippen molar-refractivity contribution in [2.45, 2.75) is 25.9 Å². The highest BCUT2D eigenvalue weighted by molar-refractivity contribution is 7.07. The fourth-order valence-electron chi connectivity index (χ4n) is 0.813. The third kappa shape index (κ3) is 1.58. The van der Waals surface area contributed by atoms with Gasteiger partial charge in [0.05, 0.1) is 6.10 Å². The summed E-state index contributed by atoms with van der Waals surface area (Å²) in [5, 5.41) is 13.3. The Morgan fingerprint density at radius 1 is 1.50 bits per heavy atom. The lowest BCUT2D eigenvalue weighted by atomic mass is 10.00. The predicted octanol–water partition coefficient (Wildman–Crippen LogP) is 2.23. The van der Waals surface area contributed by atoms with Gasteiger partial charge in [-0.05, 0) is 29.3 Å². The Morgan fingerprint density at radius 3 is 2.60 bits per heavy atom. The molecule has 0 bridgehead atoms. The third-order valence-electron chi connectivity index (χ3n) is 1.79. The maximum absolute atomic E-state index is 9.20. The molecule has 0 saturated carbocycles. The molecule has 2 heteroatoms. The van der Waals surface area contributed by atoms with Crippen molar-refractivity contribution in [3.05, 3.63) is 22.4 Å². The molecule has 0 fully saturated rings. The maximum Gasteiger partial charge on any atom is 0.0578 e. The minimum Gasteiger partial charge on any atom is -0.393 e. The molecule has 0 aliphatic rings. The van der Waals surface area contributed by atoms with Crippen LogP contribution in [-0.2, 0) is 0 Å². The molecule has 0 spiro atoms. The SMILES string of the molecule is CC(O)C(C)c1ccsc1. The second-order valence-electron chi connectivity index (χ2n) is 2.59. The van der Waals surface area contributed by atoms with Gasteiger partial charge in [0, 0.05) is 5.92 Å². The Morgan fingerprint density at radius 2 is 2.20 bits per heavy atom. The lowest BCUT2D eigenvalue weighted by Gasteiger charge is -2.11. The van der Waals surface area contributed by atoms with Crippen LogP contribution in [0.15, 0.2) is 16.8 Å². The van der Waals surface area contributed by atoms with Gasteiger partial charge < -0.3 is 5.11 Å². The number of aliphatic hydroxyl groups is 1. The van der Waals surface area contributed by atoms with E-state index < -0.39 is 0 Å². The molecule has 1 nitrogen and oxygen atoms in total. The molecule has 0 aliphatic carbocycles. The van der Waals surface area contributed by atoms with Crippen LogP contribution < -0.4 is 0 Å². The van der Waals surface area contributed by atoms with E-state index >= 15 is 0 Å². The van der Waals surface area contributed by atoms with Crippen LogP contribution in [0, 0.1) is 0 Å². The quantitative estimate of drug-likeness (QED) is 0.696. The molecule has 0 aliphatic heterocycles. The smallest absolute Gasteiger partial charge is 0.0578 e. The summed E-state index contributed by atoms with van der Waals surface area (Å²) >= 11 is 1.67. The highest BCUT2D eigenvalue weighted by Gasteiger charge is 2.10. The van der Waals surface area contributed by atoms with Crippen LogP contribution in [0.25, 0.3) is 0 Å². The van der Waals surface area contributed by atoms with Crippen LogP contribution in [0.5, 0.6) is 0 Å². The number of aliphatic hydroxyl groups excluding tert-OH is 1. The number of hydrogen-bond acceptors (Lipinski definition) is 2. The lowest BCUT2D eigenvalue weighted by Crippen LogP contribution is -2.09. The van der Waals surface area contributed by atoms with Crippen molar-refractivity contribution in [2.75, 3.05) is 0 Å². The molecule has 56 valence electrons. The summed E-state index contributed by atoms with van der Waals surface area (Å²) in [5.41, 5.74) is 1.24. The first kappa shape index (κ1) is 7.76. The minimum atomic E-state index is -0.241. The zero-order chi connectivity index (χ0) is 7.56. The molecule has 1 N–H and O–H groups in total. The Balaban J connectivity index is 2.68. The van der Waals surface area contributed by atoms with E-state index in [9.17, 15) is 5.11 Å².